The van der Waals surface area contributed by atoms with Gasteiger partial charge in [0.05, 0.1) is 30.7 Å². The average Bonchev–Trinajstić information content (AvgIpc) is 2.65. The summed E-state index contributed by atoms with van der Waals surface area (Å²) in [6.45, 7) is 4.60. The number of aliphatic carboxylic acids is 1. The molecule has 0 spiro atoms. The molecule has 0 bridgehead atoms. The Kier molecular flexibility index (Phi) is 10.1. The van der Waals surface area contributed by atoms with Crippen molar-refractivity contribution in [3.63, 3.8) is 0 Å². The van der Waals surface area contributed by atoms with Crippen molar-refractivity contribution in [1.82, 2.24) is 0 Å². The van der Waals surface area contributed by atoms with E-state index in [1.165, 1.54) is 13.8 Å². The minimum Gasteiger partial charge on any atom is -0.508 e. The second kappa shape index (κ2) is 11.7. The second-order valence-corrected chi connectivity index (χ2v) is 7.47. The molecule has 1 rings (SSSR count). The zero-order chi connectivity index (χ0) is 22.1. The summed E-state index contributed by atoms with van der Waals surface area (Å²) in [7, 11) is 1.55. The highest BCUT2D eigenvalue weighted by Crippen LogP contribution is 2.30. The maximum Gasteiger partial charge on any atom is 0.309 e. The summed E-state index contributed by atoms with van der Waals surface area (Å²) in [5.41, 5.74) is 0.791. The fraction of sp³-hybridized carbons (Fsp3) is 0.619. The SMILES string of the molecule is CO[C@@H](CC[C@H](C)[C@@H](OC(=O)C[C@H](O)[C@H](C)O)[C@@H](C)C(=O)O)c1cccc(O)c1. The third-order valence-electron chi connectivity index (χ3n) is 5.05. The van der Waals surface area contributed by atoms with Gasteiger partial charge in [0.15, 0.2) is 0 Å². The van der Waals surface area contributed by atoms with Crippen LogP contribution in [0, 0.1) is 11.8 Å². The summed E-state index contributed by atoms with van der Waals surface area (Å²) < 4.78 is 10.9. The van der Waals surface area contributed by atoms with Gasteiger partial charge in [-0.2, -0.15) is 0 Å². The smallest absolute Gasteiger partial charge is 0.309 e. The number of aliphatic hydroxyl groups is 2. The van der Waals surface area contributed by atoms with Gasteiger partial charge in [-0.3, -0.25) is 9.59 Å². The van der Waals surface area contributed by atoms with Gasteiger partial charge in [-0.1, -0.05) is 19.1 Å². The minimum atomic E-state index is -1.28. The largest absolute Gasteiger partial charge is 0.508 e. The first-order valence-electron chi connectivity index (χ1n) is 9.66. The molecule has 8 heteroatoms. The van der Waals surface area contributed by atoms with Crippen molar-refractivity contribution in [2.45, 2.75) is 64.4 Å². The highest BCUT2D eigenvalue weighted by atomic mass is 16.5. The van der Waals surface area contributed by atoms with Gasteiger partial charge in [0.2, 0.25) is 0 Å². The molecule has 4 N–H and O–H groups in total. The summed E-state index contributed by atoms with van der Waals surface area (Å²) in [5.74, 6) is -2.98. The van der Waals surface area contributed by atoms with Crippen LogP contribution in [0.15, 0.2) is 24.3 Å². The summed E-state index contributed by atoms with van der Waals surface area (Å²) in [5, 5.41) is 38.0. The van der Waals surface area contributed by atoms with Gasteiger partial charge in [0.25, 0.3) is 0 Å². The molecule has 29 heavy (non-hydrogen) atoms. The van der Waals surface area contributed by atoms with E-state index in [2.05, 4.69) is 0 Å². The molecule has 0 saturated carbocycles. The number of esters is 1. The molecule has 1 aromatic carbocycles. The van der Waals surface area contributed by atoms with E-state index in [0.29, 0.717) is 12.8 Å². The Labute approximate surface area is 171 Å². The first-order valence-corrected chi connectivity index (χ1v) is 9.66. The number of phenolic OH excluding ortho intramolecular Hbond substituents is 1. The second-order valence-electron chi connectivity index (χ2n) is 7.47. The molecule has 0 aliphatic carbocycles. The first-order chi connectivity index (χ1) is 13.6. The Morgan fingerprint density at radius 1 is 1.10 bits per heavy atom. The molecule has 1 aromatic rings. The van der Waals surface area contributed by atoms with Crippen LogP contribution in [0.3, 0.4) is 0 Å². The molecule has 6 atom stereocenters. The molecular formula is C21H32O8. The number of hydrogen-bond acceptors (Lipinski definition) is 7. The number of hydrogen-bond donors (Lipinski definition) is 4. The zero-order valence-electron chi connectivity index (χ0n) is 17.3. The van der Waals surface area contributed by atoms with E-state index in [0.717, 1.165) is 5.56 Å². The molecule has 0 saturated heterocycles. The monoisotopic (exact) mass is 412 g/mol. The number of carboxylic acid groups (broad SMARTS) is 1. The molecule has 0 heterocycles. The molecule has 0 fully saturated rings. The predicted octanol–water partition coefficient (Wildman–Crippen LogP) is 2.26. The topological polar surface area (TPSA) is 134 Å². The van der Waals surface area contributed by atoms with E-state index in [-0.39, 0.29) is 17.8 Å². The molecule has 8 nitrogen and oxygen atoms in total. The Balaban J connectivity index is 2.81. The Bertz CT molecular complexity index is 660. The third kappa shape index (κ3) is 8.00. The lowest BCUT2D eigenvalue weighted by Gasteiger charge is -2.29. The average molecular weight is 412 g/mol. The third-order valence-corrected chi connectivity index (χ3v) is 5.05. The van der Waals surface area contributed by atoms with Gasteiger partial charge < -0.3 is 29.9 Å². The van der Waals surface area contributed by atoms with E-state index in [1.807, 2.05) is 6.07 Å². The van der Waals surface area contributed by atoms with E-state index in [1.54, 1.807) is 32.2 Å². The maximum absolute atomic E-state index is 12.1. The van der Waals surface area contributed by atoms with Crippen molar-refractivity contribution in [2.75, 3.05) is 7.11 Å². The van der Waals surface area contributed by atoms with E-state index in [4.69, 9.17) is 9.47 Å². The molecule has 0 unspecified atom stereocenters. The van der Waals surface area contributed by atoms with Crippen molar-refractivity contribution < 1.29 is 39.5 Å². The maximum atomic E-state index is 12.1. The number of methoxy groups -OCH3 is 1. The number of carboxylic acids is 1. The quantitative estimate of drug-likeness (QED) is 0.384. The molecule has 0 aliphatic rings. The summed E-state index contributed by atoms with van der Waals surface area (Å²) in [4.78, 5) is 23.6. The number of rotatable bonds is 12. The predicted molar refractivity (Wildman–Crippen MR) is 105 cm³/mol. The first kappa shape index (κ1) is 24.9. The van der Waals surface area contributed by atoms with Crippen LogP contribution < -0.4 is 0 Å². The van der Waals surface area contributed by atoms with Crippen molar-refractivity contribution in [3.8, 4) is 5.75 Å². The summed E-state index contributed by atoms with van der Waals surface area (Å²) >= 11 is 0. The van der Waals surface area contributed by atoms with E-state index in [9.17, 15) is 30.0 Å². The van der Waals surface area contributed by atoms with Crippen LogP contribution in [0.4, 0.5) is 0 Å². The summed E-state index contributed by atoms with van der Waals surface area (Å²) in [6, 6.07) is 6.70. The van der Waals surface area contributed by atoms with Crippen molar-refractivity contribution in [3.05, 3.63) is 29.8 Å². The number of benzene rings is 1. The van der Waals surface area contributed by atoms with Crippen molar-refractivity contribution in [1.29, 1.82) is 0 Å². The van der Waals surface area contributed by atoms with Crippen LogP contribution in [0.1, 0.15) is 51.7 Å². The fourth-order valence-electron chi connectivity index (χ4n) is 3.12. The van der Waals surface area contributed by atoms with Gasteiger partial charge in [-0.05, 0) is 50.3 Å². The van der Waals surface area contributed by atoms with Crippen LogP contribution in [0.25, 0.3) is 0 Å². The molecule has 0 radical (unpaired) electrons. The standard InChI is InChI=1S/C21H32O8/c1-12(8-9-18(28-4)15-6-5-7-16(23)10-15)20(13(2)21(26)27)29-19(25)11-17(24)14(3)22/h5-7,10,12-14,17-18,20,22-24H,8-9,11H2,1-4H3,(H,26,27)/t12-,13+,14-,17-,18-,20+/m0/s1. The molecule has 0 aromatic heterocycles. The Morgan fingerprint density at radius 3 is 2.28 bits per heavy atom. The normalized spacial score (nSPS) is 17.6. The van der Waals surface area contributed by atoms with E-state index >= 15 is 0 Å². The number of carbonyl (C=O) groups excluding carboxylic acids is 1. The van der Waals surface area contributed by atoms with Crippen LogP contribution in [0.5, 0.6) is 5.75 Å². The van der Waals surface area contributed by atoms with Gasteiger partial charge in [-0.25, -0.2) is 0 Å². The van der Waals surface area contributed by atoms with Crippen LogP contribution >= 0.6 is 0 Å². The molecule has 0 aliphatic heterocycles. The van der Waals surface area contributed by atoms with Crippen molar-refractivity contribution >= 4 is 11.9 Å². The fourth-order valence-corrected chi connectivity index (χ4v) is 3.12. The van der Waals surface area contributed by atoms with Gasteiger partial charge in [0, 0.05) is 7.11 Å². The van der Waals surface area contributed by atoms with Crippen molar-refractivity contribution in [2.24, 2.45) is 11.8 Å². The summed E-state index contributed by atoms with van der Waals surface area (Å²) in [6.07, 6.45) is -2.97. The zero-order valence-corrected chi connectivity index (χ0v) is 17.3. The number of ether oxygens (including phenoxy) is 2. The number of aliphatic hydroxyl groups excluding tert-OH is 2. The number of carbonyl (C=O) groups is 2. The lowest BCUT2D eigenvalue weighted by molar-refractivity contribution is -0.164. The molecule has 164 valence electrons. The van der Waals surface area contributed by atoms with Crippen LogP contribution in [0.2, 0.25) is 0 Å². The van der Waals surface area contributed by atoms with E-state index < -0.39 is 42.6 Å². The molecule has 0 amide bonds. The van der Waals surface area contributed by atoms with Gasteiger partial charge in [0.1, 0.15) is 11.9 Å². The highest BCUT2D eigenvalue weighted by Gasteiger charge is 2.33. The van der Waals surface area contributed by atoms with Gasteiger partial charge >= 0.3 is 11.9 Å². The van der Waals surface area contributed by atoms with Crippen LogP contribution in [-0.4, -0.2) is 57.8 Å². The number of aromatic hydroxyl groups is 1. The highest BCUT2D eigenvalue weighted by molar-refractivity contribution is 5.73. The lowest BCUT2D eigenvalue weighted by atomic mass is 9.88. The molecular weight excluding hydrogens is 380 g/mol. The van der Waals surface area contributed by atoms with Crippen LogP contribution in [-0.2, 0) is 19.1 Å². The lowest BCUT2D eigenvalue weighted by Crippen LogP contribution is -2.37. The minimum absolute atomic E-state index is 0.126. The Hall–Kier alpha value is -2.16. The van der Waals surface area contributed by atoms with Gasteiger partial charge in [-0.15, -0.1) is 0 Å². The number of phenols is 1. The Morgan fingerprint density at radius 2 is 1.76 bits per heavy atom.